The second-order valence-corrected chi connectivity index (χ2v) is 9.54. The van der Waals surface area contributed by atoms with E-state index in [-0.39, 0.29) is 5.92 Å². The van der Waals surface area contributed by atoms with Crippen LogP contribution < -0.4 is 0 Å². The zero-order valence-corrected chi connectivity index (χ0v) is 19.0. The number of carbonyl (C=O) groups is 1. The quantitative estimate of drug-likeness (QED) is 0.683. The van der Waals surface area contributed by atoms with Gasteiger partial charge in [0.2, 0.25) is 5.91 Å². The maximum atomic E-state index is 13.4. The smallest absolute Gasteiger partial charge is 0.226 e. The number of hydrogen-bond donors (Lipinski definition) is 0. The summed E-state index contributed by atoms with van der Waals surface area (Å²) < 4.78 is 7.74. The number of nitrogens with zero attached hydrogens (tertiary/aromatic N) is 4. The van der Waals surface area contributed by atoms with Gasteiger partial charge in [-0.15, -0.1) is 0 Å². The van der Waals surface area contributed by atoms with Gasteiger partial charge in [-0.2, -0.15) is 0 Å². The van der Waals surface area contributed by atoms with E-state index in [0.29, 0.717) is 17.9 Å². The number of ether oxygens (including phenoxy) is 1. The van der Waals surface area contributed by atoms with E-state index in [1.165, 1.54) is 43.6 Å². The van der Waals surface area contributed by atoms with E-state index >= 15 is 0 Å². The van der Waals surface area contributed by atoms with Crippen LogP contribution >= 0.6 is 0 Å². The van der Waals surface area contributed by atoms with Gasteiger partial charge >= 0.3 is 0 Å². The fourth-order valence-electron chi connectivity index (χ4n) is 5.85. The van der Waals surface area contributed by atoms with Gasteiger partial charge in [-0.05, 0) is 25.7 Å². The zero-order valence-electron chi connectivity index (χ0n) is 19.0. The Balaban J connectivity index is 1.37. The third-order valence-corrected chi connectivity index (χ3v) is 7.57. The van der Waals surface area contributed by atoms with Gasteiger partial charge in [-0.3, -0.25) is 9.69 Å². The van der Waals surface area contributed by atoms with Crippen LogP contribution in [0.5, 0.6) is 0 Å². The molecule has 3 heterocycles. The minimum absolute atomic E-state index is 0.126. The van der Waals surface area contributed by atoms with Crippen molar-refractivity contribution in [3.63, 3.8) is 0 Å². The number of fused-ring (bicyclic) bond motifs is 1. The maximum absolute atomic E-state index is 13.4. The number of aromatic nitrogens is 2. The molecule has 0 aromatic carbocycles. The number of imidazole rings is 1. The molecule has 0 bridgehead atoms. The summed E-state index contributed by atoms with van der Waals surface area (Å²) >= 11 is 0. The molecule has 30 heavy (non-hydrogen) atoms. The highest BCUT2D eigenvalue weighted by Gasteiger charge is 2.35. The van der Waals surface area contributed by atoms with E-state index in [9.17, 15) is 4.79 Å². The minimum Gasteiger partial charge on any atom is -0.383 e. The lowest BCUT2D eigenvalue weighted by Crippen LogP contribution is -2.56. The van der Waals surface area contributed by atoms with Crippen LogP contribution in [-0.2, 0) is 22.5 Å². The number of carbonyl (C=O) groups excluding carboxylic acids is 1. The highest BCUT2D eigenvalue weighted by atomic mass is 16.5. The predicted molar refractivity (Wildman–Crippen MR) is 119 cm³/mol. The number of hydrogen-bond acceptors (Lipinski definition) is 4. The highest BCUT2D eigenvalue weighted by Crippen LogP contribution is 2.34. The van der Waals surface area contributed by atoms with Crippen molar-refractivity contribution >= 4 is 5.91 Å². The number of amides is 1. The van der Waals surface area contributed by atoms with Gasteiger partial charge in [0, 0.05) is 76.0 Å². The van der Waals surface area contributed by atoms with Crippen LogP contribution in [0.1, 0.15) is 75.7 Å². The molecule has 1 amide bonds. The standard InChI is InChI=1S/C24H40N4O2/c1-3-7-21-18-27(13-12-26(21)14-15-30-2)24(29)20-10-11-28-22(16-20)17-25-23(28)19-8-5-4-6-9-19/h17,19-21H,3-16,18H2,1-2H3/t20-,21+/m1/s1. The van der Waals surface area contributed by atoms with Crippen LogP contribution in [0.15, 0.2) is 6.20 Å². The zero-order chi connectivity index (χ0) is 20.9. The number of rotatable bonds is 7. The Morgan fingerprint density at radius 3 is 2.77 bits per heavy atom. The fraction of sp³-hybridized carbons (Fsp3) is 0.833. The third kappa shape index (κ3) is 4.75. The summed E-state index contributed by atoms with van der Waals surface area (Å²) in [4.78, 5) is 22.9. The molecule has 1 aliphatic carbocycles. The maximum Gasteiger partial charge on any atom is 0.226 e. The van der Waals surface area contributed by atoms with Crippen molar-refractivity contribution in [1.29, 1.82) is 0 Å². The van der Waals surface area contributed by atoms with Crippen molar-refractivity contribution in [2.45, 2.75) is 83.2 Å². The Morgan fingerprint density at radius 2 is 2.00 bits per heavy atom. The van der Waals surface area contributed by atoms with Crippen molar-refractivity contribution in [1.82, 2.24) is 19.4 Å². The van der Waals surface area contributed by atoms with E-state index in [4.69, 9.17) is 9.72 Å². The Labute approximate surface area is 182 Å². The Kier molecular flexibility index (Phi) is 7.47. The molecule has 1 aromatic heterocycles. The predicted octanol–water partition coefficient (Wildman–Crippen LogP) is 3.45. The fourth-order valence-corrected chi connectivity index (χ4v) is 5.85. The lowest BCUT2D eigenvalue weighted by Gasteiger charge is -2.43. The average molecular weight is 417 g/mol. The first-order chi connectivity index (χ1) is 14.7. The normalized spacial score (nSPS) is 26.0. The van der Waals surface area contributed by atoms with E-state index in [1.807, 2.05) is 0 Å². The third-order valence-electron chi connectivity index (χ3n) is 7.57. The Morgan fingerprint density at radius 1 is 1.17 bits per heavy atom. The van der Waals surface area contributed by atoms with Crippen molar-refractivity contribution in [3.8, 4) is 0 Å². The Hall–Kier alpha value is -1.40. The van der Waals surface area contributed by atoms with Crippen molar-refractivity contribution in [2.75, 3.05) is 39.9 Å². The van der Waals surface area contributed by atoms with Crippen LogP contribution in [0.3, 0.4) is 0 Å². The lowest BCUT2D eigenvalue weighted by molar-refractivity contribution is -0.139. The van der Waals surface area contributed by atoms with Crippen molar-refractivity contribution in [2.24, 2.45) is 5.92 Å². The lowest BCUT2D eigenvalue weighted by atomic mass is 9.88. The minimum atomic E-state index is 0.126. The Bertz CT molecular complexity index is 697. The van der Waals surface area contributed by atoms with E-state index in [2.05, 4.69) is 27.5 Å². The molecular formula is C24H40N4O2. The second-order valence-electron chi connectivity index (χ2n) is 9.54. The molecule has 0 spiro atoms. The summed E-state index contributed by atoms with van der Waals surface area (Å²) in [5.74, 6) is 2.43. The molecule has 3 aliphatic rings. The largest absolute Gasteiger partial charge is 0.383 e. The number of piperazine rings is 1. The summed E-state index contributed by atoms with van der Waals surface area (Å²) in [5, 5.41) is 0. The molecule has 0 radical (unpaired) electrons. The average Bonchev–Trinajstić information content (AvgIpc) is 3.22. The molecule has 4 rings (SSSR count). The highest BCUT2D eigenvalue weighted by molar-refractivity contribution is 5.79. The van der Waals surface area contributed by atoms with E-state index < -0.39 is 0 Å². The summed E-state index contributed by atoms with van der Waals surface area (Å²) in [5.41, 5.74) is 1.28. The van der Waals surface area contributed by atoms with Gasteiger partial charge < -0.3 is 14.2 Å². The molecule has 1 saturated carbocycles. The van der Waals surface area contributed by atoms with Crippen LogP contribution in [0.4, 0.5) is 0 Å². The SMILES string of the molecule is CCC[C@H]1CN(C(=O)[C@@H]2CCn3c(cnc3C3CCCCC3)C2)CCN1CCOC. The van der Waals surface area contributed by atoms with Gasteiger partial charge in [0.05, 0.1) is 6.61 Å². The molecule has 6 nitrogen and oxygen atoms in total. The summed E-state index contributed by atoms with van der Waals surface area (Å²) in [6.07, 6.45) is 12.8. The molecule has 0 unspecified atom stereocenters. The van der Waals surface area contributed by atoms with Gasteiger partial charge in [-0.1, -0.05) is 32.6 Å². The first-order valence-corrected chi connectivity index (χ1v) is 12.3. The first-order valence-electron chi connectivity index (χ1n) is 12.3. The van der Waals surface area contributed by atoms with Crippen molar-refractivity contribution in [3.05, 3.63) is 17.7 Å². The molecule has 1 saturated heterocycles. The van der Waals surface area contributed by atoms with Gasteiger partial charge in [-0.25, -0.2) is 4.98 Å². The topological polar surface area (TPSA) is 50.6 Å². The second kappa shape index (κ2) is 10.3. The molecule has 168 valence electrons. The monoisotopic (exact) mass is 416 g/mol. The van der Waals surface area contributed by atoms with Crippen LogP contribution in [0.2, 0.25) is 0 Å². The molecule has 1 aromatic rings. The summed E-state index contributed by atoms with van der Waals surface area (Å²) in [7, 11) is 1.77. The van der Waals surface area contributed by atoms with Gasteiger partial charge in [0.15, 0.2) is 0 Å². The molecule has 2 atom stereocenters. The summed E-state index contributed by atoms with van der Waals surface area (Å²) in [6.45, 7) is 7.63. The molecule has 2 aliphatic heterocycles. The molecule has 0 N–H and O–H groups in total. The van der Waals surface area contributed by atoms with Gasteiger partial charge in [0.1, 0.15) is 5.82 Å². The van der Waals surface area contributed by atoms with E-state index in [0.717, 1.165) is 65.0 Å². The van der Waals surface area contributed by atoms with Crippen molar-refractivity contribution < 1.29 is 9.53 Å². The van der Waals surface area contributed by atoms with Crippen LogP contribution in [0.25, 0.3) is 0 Å². The van der Waals surface area contributed by atoms with E-state index in [1.54, 1.807) is 7.11 Å². The first kappa shape index (κ1) is 21.8. The van der Waals surface area contributed by atoms with Crippen LogP contribution in [-0.4, -0.2) is 71.2 Å². The van der Waals surface area contributed by atoms with Crippen LogP contribution in [0, 0.1) is 5.92 Å². The van der Waals surface area contributed by atoms with Gasteiger partial charge in [0.25, 0.3) is 0 Å². The number of methoxy groups -OCH3 is 1. The summed E-state index contributed by atoms with van der Waals surface area (Å²) in [6, 6.07) is 0.467. The molecular weight excluding hydrogens is 376 g/mol. The molecule has 2 fully saturated rings. The molecule has 6 heteroatoms.